The molecule has 0 radical (unpaired) electrons. The Kier molecular flexibility index (Phi) is 5.02. The van der Waals surface area contributed by atoms with Crippen molar-refractivity contribution in [3.63, 3.8) is 0 Å². The third kappa shape index (κ3) is 3.22. The van der Waals surface area contributed by atoms with Gasteiger partial charge in [0.1, 0.15) is 5.75 Å². The second kappa shape index (κ2) is 6.06. The highest BCUT2D eigenvalue weighted by atomic mass is 19.4. The van der Waals surface area contributed by atoms with Gasteiger partial charge in [-0.05, 0) is 24.3 Å². The van der Waals surface area contributed by atoms with Gasteiger partial charge in [-0.25, -0.2) is 0 Å². The number of nitrogens with one attached hydrogen (secondary N) is 1. The van der Waals surface area contributed by atoms with Crippen molar-refractivity contribution in [3.05, 3.63) is 24.3 Å². The monoisotopic (exact) mass is 369 g/mol. The summed E-state index contributed by atoms with van der Waals surface area (Å²) < 4.78 is 119. The Bertz CT molecular complexity index is 550. The molecule has 0 heterocycles. The molecule has 3 nitrogen and oxygen atoms in total. The average Bonchev–Trinajstić information content (AvgIpc) is 2.34. The van der Waals surface area contributed by atoms with Crippen molar-refractivity contribution in [3.8, 4) is 5.75 Å². The number of alkyl halides is 9. The summed E-state index contributed by atoms with van der Waals surface area (Å²) in [5.74, 6) is -3.19. The first-order valence-corrected chi connectivity index (χ1v) is 5.84. The molecule has 0 spiro atoms. The van der Waals surface area contributed by atoms with Crippen LogP contribution in [0.25, 0.3) is 0 Å². The lowest BCUT2D eigenvalue weighted by Gasteiger charge is -2.36. The van der Waals surface area contributed by atoms with Crippen LogP contribution in [0.4, 0.5) is 45.2 Å². The molecule has 0 saturated carbocycles. The van der Waals surface area contributed by atoms with Crippen LogP contribution in [0.1, 0.15) is 0 Å². The summed E-state index contributed by atoms with van der Waals surface area (Å²) in [5.41, 5.74) is -7.27. The van der Waals surface area contributed by atoms with Gasteiger partial charge in [0, 0.05) is 5.69 Å². The number of amides is 1. The maximum atomic E-state index is 12.7. The Morgan fingerprint density at radius 3 is 1.50 bits per heavy atom. The van der Waals surface area contributed by atoms with E-state index in [9.17, 15) is 44.3 Å². The van der Waals surface area contributed by atoms with Crippen LogP contribution in [-0.4, -0.2) is 31.5 Å². The van der Waals surface area contributed by atoms with Gasteiger partial charge in [0.05, 0.1) is 7.11 Å². The van der Waals surface area contributed by atoms with Crippen LogP contribution in [0, 0.1) is 5.41 Å². The summed E-state index contributed by atoms with van der Waals surface area (Å²) in [6.45, 7) is 0. The van der Waals surface area contributed by atoms with E-state index in [0.717, 1.165) is 29.6 Å². The molecule has 0 aromatic heterocycles. The second-order valence-corrected chi connectivity index (χ2v) is 4.43. The summed E-state index contributed by atoms with van der Waals surface area (Å²) >= 11 is 0. The van der Waals surface area contributed by atoms with Crippen molar-refractivity contribution < 1.29 is 49.0 Å². The van der Waals surface area contributed by atoms with Crippen LogP contribution in [0.5, 0.6) is 5.75 Å². The van der Waals surface area contributed by atoms with Crippen LogP contribution in [0.15, 0.2) is 24.3 Å². The molecule has 0 saturated heterocycles. The van der Waals surface area contributed by atoms with Crippen molar-refractivity contribution in [1.29, 1.82) is 0 Å². The molecule has 0 aliphatic carbocycles. The summed E-state index contributed by atoms with van der Waals surface area (Å²) in [7, 11) is 1.19. The number of methoxy groups -OCH3 is 1. The van der Waals surface area contributed by atoms with E-state index in [0.29, 0.717) is 0 Å². The van der Waals surface area contributed by atoms with Crippen LogP contribution < -0.4 is 10.1 Å². The van der Waals surface area contributed by atoms with Crippen LogP contribution >= 0.6 is 0 Å². The lowest BCUT2D eigenvalue weighted by atomic mass is 9.84. The van der Waals surface area contributed by atoms with Crippen LogP contribution in [-0.2, 0) is 4.79 Å². The van der Waals surface area contributed by atoms with Crippen LogP contribution in [0.3, 0.4) is 0 Å². The van der Waals surface area contributed by atoms with Crippen molar-refractivity contribution in [2.75, 3.05) is 12.4 Å². The van der Waals surface area contributed by atoms with E-state index in [1.807, 2.05) is 0 Å². The number of anilines is 1. The van der Waals surface area contributed by atoms with Gasteiger partial charge in [-0.1, -0.05) is 0 Å². The molecule has 0 aliphatic rings. The maximum Gasteiger partial charge on any atom is 0.421 e. The van der Waals surface area contributed by atoms with Gasteiger partial charge >= 0.3 is 23.9 Å². The van der Waals surface area contributed by atoms with Crippen molar-refractivity contribution in [2.45, 2.75) is 18.5 Å². The second-order valence-electron chi connectivity index (χ2n) is 4.43. The van der Waals surface area contributed by atoms with Gasteiger partial charge in [-0.2, -0.15) is 39.5 Å². The average molecular weight is 369 g/mol. The fourth-order valence-electron chi connectivity index (χ4n) is 1.77. The Morgan fingerprint density at radius 2 is 1.21 bits per heavy atom. The molecule has 1 aromatic carbocycles. The number of carbonyl (C=O) groups is 1. The number of halogens is 9. The first-order chi connectivity index (χ1) is 10.7. The third-order valence-corrected chi connectivity index (χ3v) is 2.96. The summed E-state index contributed by atoms with van der Waals surface area (Å²) in [6, 6.07) is 3.60. The molecule has 0 aliphatic heterocycles. The minimum absolute atomic E-state index is 0.113. The number of hydrogen-bond acceptors (Lipinski definition) is 2. The number of carbonyl (C=O) groups excluding carboxylic acids is 1. The van der Waals surface area contributed by atoms with E-state index in [-0.39, 0.29) is 5.75 Å². The fraction of sp³-hybridized carbons (Fsp3) is 0.417. The largest absolute Gasteiger partial charge is 0.497 e. The number of benzene rings is 1. The highest BCUT2D eigenvalue weighted by Gasteiger charge is 2.88. The molecule has 12 heteroatoms. The first kappa shape index (κ1) is 19.9. The standard InChI is InChI=1S/C12H8F9NO2/c1-24-7-4-2-6(3-5-7)22-8(23)9(10(13,14)15,11(16,17)18)12(19,20)21/h2-5H,1H3,(H,22,23). The van der Waals surface area contributed by atoms with E-state index in [4.69, 9.17) is 0 Å². The molecule has 136 valence electrons. The molecular formula is C12H8F9NO2. The molecule has 0 unspecified atom stereocenters. The Labute approximate surface area is 128 Å². The maximum absolute atomic E-state index is 12.7. The lowest BCUT2D eigenvalue weighted by Crippen LogP contribution is -2.65. The molecule has 1 rings (SSSR count). The first-order valence-electron chi connectivity index (χ1n) is 5.84. The number of hydrogen-bond donors (Lipinski definition) is 1. The van der Waals surface area contributed by atoms with E-state index in [2.05, 4.69) is 4.74 Å². The summed E-state index contributed by atoms with van der Waals surface area (Å²) in [4.78, 5) is 11.4. The number of ether oxygens (including phenoxy) is 1. The molecule has 1 N–H and O–H groups in total. The summed E-state index contributed by atoms with van der Waals surface area (Å²) in [5, 5.41) is 0.999. The minimum Gasteiger partial charge on any atom is -0.497 e. The van der Waals surface area contributed by atoms with Crippen molar-refractivity contribution >= 4 is 11.6 Å². The zero-order chi connectivity index (χ0) is 19.0. The normalized spacial score (nSPS) is 13.6. The van der Waals surface area contributed by atoms with E-state index in [1.54, 1.807) is 0 Å². The van der Waals surface area contributed by atoms with Gasteiger partial charge in [0.15, 0.2) is 0 Å². The third-order valence-electron chi connectivity index (χ3n) is 2.96. The molecule has 0 fully saturated rings. The molecular weight excluding hydrogens is 361 g/mol. The Balaban J connectivity index is 3.41. The van der Waals surface area contributed by atoms with Gasteiger partial charge in [-0.3, -0.25) is 4.79 Å². The lowest BCUT2D eigenvalue weighted by molar-refractivity contribution is -0.405. The molecule has 0 bridgehead atoms. The molecule has 24 heavy (non-hydrogen) atoms. The van der Waals surface area contributed by atoms with Gasteiger partial charge < -0.3 is 10.1 Å². The van der Waals surface area contributed by atoms with Gasteiger partial charge in [0.25, 0.3) is 5.91 Å². The predicted molar refractivity (Wildman–Crippen MR) is 62.2 cm³/mol. The van der Waals surface area contributed by atoms with Gasteiger partial charge in [0.2, 0.25) is 0 Å². The molecule has 0 atom stereocenters. The minimum atomic E-state index is -6.96. The zero-order valence-electron chi connectivity index (χ0n) is 11.5. The highest BCUT2D eigenvalue weighted by Crippen LogP contribution is 2.59. The van der Waals surface area contributed by atoms with Crippen molar-refractivity contribution in [2.24, 2.45) is 5.41 Å². The fourth-order valence-corrected chi connectivity index (χ4v) is 1.77. The van der Waals surface area contributed by atoms with Crippen molar-refractivity contribution in [1.82, 2.24) is 0 Å². The summed E-state index contributed by atoms with van der Waals surface area (Å²) in [6.07, 6.45) is -20.9. The zero-order valence-corrected chi connectivity index (χ0v) is 11.5. The highest BCUT2D eigenvalue weighted by molar-refractivity contribution is 5.97. The molecule has 1 amide bonds. The predicted octanol–water partition coefficient (Wildman–Crippen LogP) is 4.31. The van der Waals surface area contributed by atoms with E-state index >= 15 is 0 Å². The quantitative estimate of drug-likeness (QED) is 0.807. The topological polar surface area (TPSA) is 38.3 Å². The Hall–Kier alpha value is -2.14. The van der Waals surface area contributed by atoms with Crippen LogP contribution in [0.2, 0.25) is 0 Å². The van der Waals surface area contributed by atoms with E-state index < -0.39 is 35.5 Å². The SMILES string of the molecule is COc1ccc(NC(=O)C(C(F)(F)F)(C(F)(F)F)C(F)(F)F)cc1. The van der Waals surface area contributed by atoms with Gasteiger partial charge in [-0.15, -0.1) is 0 Å². The number of rotatable bonds is 3. The molecule has 1 aromatic rings. The Morgan fingerprint density at radius 1 is 0.833 bits per heavy atom. The smallest absolute Gasteiger partial charge is 0.421 e. The van der Waals surface area contributed by atoms with E-state index in [1.165, 1.54) is 7.11 Å².